The van der Waals surface area contributed by atoms with Crippen molar-refractivity contribution >= 4 is 11.8 Å². The minimum absolute atomic E-state index is 0.0380. The Morgan fingerprint density at radius 1 is 1.07 bits per heavy atom. The number of amides is 2. The van der Waals surface area contributed by atoms with E-state index in [9.17, 15) is 24.9 Å². The maximum Gasteiger partial charge on any atom is 0.245 e. The molecule has 244 valence electrons. The molecule has 0 radical (unpaired) electrons. The van der Waals surface area contributed by atoms with Crippen LogP contribution in [0.2, 0.25) is 0 Å². The average Bonchev–Trinajstić information content (AvgIpc) is 3.34. The monoisotopic (exact) mass is 611 g/mol. The van der Waals surface area contributed by atoms with Gasteiger partial charge in [-0.1, -0.05) is 32.0 Å². The molecule has 0 aromatic rings. The van der Waals surface area contributed by atoms with Crippen LogP contribution in [0.25, 0.3) is 10.4 Å². The Bertz CT molecular complexity index is 1150. The summed E-state index contributed by atoms with van der Waals surface area (Å²) in [6.45, 7) is 6.93. The van der Waals surface area contributed by atoms with Crippen LogP contribution in [0.15, 0.2) is 17.3 Å². The van der Waals surface area contributed by atoms with Crippen LogP contribution in [0.5, 0.6) is 0 Å². The van der Waals surface area contributed by atoms with Crippen LogP contribution in [-0.2, 0) is 9.59 Å². The molecule has 0 heterocycles. The summed E-state index contributed by atoms with van der Waals surface area (Å²) in [4.78, 5) is 27.4. The van der Waals surface area contributed by atoms with E-state index in [1.165, 1.54) is 6.08 Å². The quantitative estimate of drug-likeness (QED) is 0.0413. The van der Waals surface area contributed by atoms with E-state index >= 15 is 0 Å². The highest BCUT2D eigenvalue weighted by molar-refractivity contribution is 5.88. The normalized spacial score (nSPS) is 39.1. The third-order valence-electron chi connectivity index (χ3n) is 12.2. The van der Waals surface area contributed by atoms with Crippen LogP contribution in [0.1, 0.15) is 97.8 Å². The first-order valence-corrected chi connectivity index (χ1v) is 16.7. The van der Waals surface area contributed by atoms with Crippen LogP contribution >= 0.6 is 0 Å². The zero-order valence-corrected chi connectivity index (χ0v) is 26.7. The number of fused-ring (bicyclic) bond motifs is 5. The van der Waals surface area contributed by atoms with Crippen molar-refractivity contribution in [1.82, 2.24) is 10.6 Å². The van der Waals surface area contributed by atoms with E-state index in [-0.39, 0.29) is 53.5 Å². The van der Waals surface area contributed by atoms with Crippen molar-refractivity contribution in [3.63, 3.8) is 0 Å². The Hall–Kier alpha value is -2.57. The van der Waals surface area contributed by atoms with Crippen molar-refractivity contribution in [2.45, 2.75) is 122 Å². The number of aliphatic hydroxyl groups is 3. The van der Waals surface area contributed by atoms with Gasteiger partial charge in [-0.2, -0.15) is 0 Å². The number of nitrogens with one attached hydrogen (secondary N) is 2. The largest absolute Gasteiger partial charge is 0.393 e. The van der Waals surface area contributed by atoms with Gasteiger partial charge in [-0.25, -0.2) is 0 Å². The van der Waals surface area contributed by atoms with Gasteiger partial charge in [0.2, 0.25) is 11.8 Å². The van der Waals surface area contributed by atoms with Crippen LogP contribution in [-0.4, -0.2) is 58.2 Å². The molecule has 12 atom stereocenters. The van der Waals surface area contributed by atoms with E-state index in [0.717, 1.165) is 51.4 Å². The third-order valence-corrected chi connectivity index (χ3v) is 12.2. The molecule has 4 fully saturated rings. The zero-order chi connectivity index (χ0) is 32.1. The van der Waals surface area contributed by atoms with Crippen molar-refractivity contribution < 1.29 is 24.9 Å². The fraction of sp³-hybridized carbons (Fsp3) is 0.824. The number of hydrogen-bond donors (Lipinski definition) is 5. The molecule has 10 heteroatoms. The second kappa shape index (κ2) is 14.7. The van der Waals surface area contributed by atoms with Crippen LogP contribution in [0, 0.1) is 58.7 Å². The molecule has 2 amide bonds. The smallest absolute Gasteiger partial charge is 0.245 e. The van der Waals surface area contributed by atoms with Crippen molar-refractivity contribution in [2.24, 2.45) is 51.5 Å². The van der Waals surface area contributed by atoms with E-state index in [0.29, 0.717) is 42.9 Å². The van der Waals surface area contributed by atoms with Gasteiger partial charge < -0.3 is 26.0 Å². The minimum atomic E-state index is -0.796. The van der Waals surface area contributed by atoms with Crippen molar-refractivity contribution in [1.29, 1.82) is 0 Å². The second-order valence-electron chi connectivity index (χ2n) is 14.6. The molecule has 0 bridgehead atoms. The molecule has 44 heavy (non-hydrogen) atoms. The molecule has 0 aliphatic heterocycles. The van der Waals surface area contributed by atoms with Crippen molar-refractivity contribution in [3.05, 3.63) is 22.6 Å². The summed E-state index contributed by atoms with van der Waals surface area (Å²) < 4.78 is 0. The molecule has 10 nitrogen and oxygen atoms in total. The lowest BCUT2D eigenvalue weighted by Crippen LogP contribution is -2.64. The van der Waals surface area contributed by atoms with Gasteiger partial charge >= 0.3 is 0 Å². The average molecular weight is 612 g/mol. The first-order valence-electron chi connectivity index (χ1n) is 16.7. The zero-order valence-electron chi connectivity index (χ0n) is 26.7. The summed E-state index contributed by atoms with van der Waals surface area (Å²) in [5.41, 5.74) is 8.74. The van der Waals surface area contributed by atoms with E-state index < -0.39 is 18.4 Å². The minimum Gasteiger partial charge on any atom is -0.393 e. The first kappa shape index (κ1) is 34.3. The number of unbranched alkanes of at least 4 members (excludes halogenated alkanes) is 1. The maximum atomic E-state index is 12.6. The highest BCUT2D eigenvalue weighted by Gasteiger charge is 2.65. The number of nitrogens with zero attached hydrogens (tertiary/aromatic N) is 3. The van der Waals surface area contributed by atoms with E-state index in [1.54, 1.807) is 0 Å². The summed E-state index contributed by atoms with van der Waals surface area (Å²) in [6.07, 6.45) is 15.4. The summed E-state index contributed by atoms with van der Waals surface area (Å²) >= 11 is 0. The highest BCUT2D eigenvalue weighted by Crippen LogP contribution is 2.68. The Morgan fingerprint density at radius 3 is 2.52 bits per heavy atom. The van der Waals surface area contributed by atoms with Crippen LogP contribution in [0.3, 0.4) is 0 Å². The molecule has 0 aromatic heterocycles. The number of terminal acetylenes is 1. The van der Waals surface area contributed by atoms with Crippen molar-refractivity contribution in [2.75, 3.05) is 6.54 Å². The Morgan fingerprint density at radius 2 is 1.80 bits per heavy atom. The fourth-order valence-corrected chi connectivity index (χ4v) is 10.0. The second-order valence-corrected chi connectivity index (χ2v) is 14.6. The highest BCUT2D eigenvalue weighted by atomic mass is 16.3. The van der Waals surface area contributed by atoms with Crippen LogP contribution < -0.4 is 10.6 Å². The number of rotatable bonds is 12. The van der Waals surface area contributed by atoms with Gasteiger partial charge in [0.15, 0.2) is 0 Å². The SMILES string of the molecule is C#CCCCC(=O)NC(CN=[N+]=[N-])NC(=O)/C=C/CCC(C)C1CCC2C3C(O)C(O)C4CC(O)CCC4(C)C3CCC12C. The van der Waals surface area contributed by atoms with Gasteiger partial charge in [0.1, 0.15) is 6.17 Å². The molecular formula is C34H53N5O5. The third kappa shape index (κ3) is 7.12. The van der Waals surface area contributed by atoms with Gasteiger partial charge in [0.05, 0.1) is 24.9 Å². The van der Waals surface area contributed by atoms with E-state index in [2.05, 4.69) is 47.4 Å². The van der Waals surface area contributed by atoms with Gasteiger partial charge in [0, 0.05) is 17.8 Å². The summed E-state index contributed by atoms with van der Waals surface area (Å²) in [5, 5.41) is 42.0. The molecule has 12 unspecified atom stereocenters. The molecule has 4 aliphatic carbocycles. The Kier molecular flexibility index (Phi) is 11.4. The molecular weight excluding hydrogens is 558 g/mol. The number of carbonyl (C=O) groups is 2. The Balaban J connectivity index is 1.31. The van der Waals surface area contributed by atoms with E-state index in [1.807, 2.05) is 6.08 Å². The van der Waals surface area contributed by atoms with Crippen LogP contribution in [0.4, 0.5) is 0 Å². The van der Waals surface area contributed by atoms with Gasteiger partial charge in [-0.3, -0.25) is 9.59 Å². The number of allylic oxidation sites excluding steroid dienone is 1. The van der Waals surface area contributed by atoms with Gasteiger partial charge in [0.25, 0.3) is 0 Å². The lowest BCUT2D eigenvalue weighted by atomic mass is 9.43. The number of hydrogen-bond acceptors (Lipinski definition) is 6. The molecule has 0 aromatic carbocycles. The number of azide groups is 1. The topological polar surface area (TPSA) is 168 Å². The lowest BCUT2D eigenvalue weighted by Gasteiger charge is -2.63. The van der Waals surface area contributed by atoms with Gasteiger partial charge in [-0.15, -0.1) is 12.3 Å². The number of carbonyl (C=O) groups excluding carboxylic acids is 2. The molecule has 5 N–H and O–H groups in total. The van der Waals surface area contributed by atoms with E-state index in [4.69, 9.17) is 12.0 Å². The lowest BCUT2D eigenvalue weighted by molar-refractivity contribution is -0.223. The molecule has 0 saturated heterocycles. The predicted octanol–water partition coefficient (Wildman–Crippen LogP) is 4.59. The molecule has 4 rings (SSSR count). The molecule has 4 saturated carbocycles. The Labute approximate surface area is 262 Å². The van der Waals surface area contributed by atoms with Crippen molar-refractivity contribution in [3.8, 4) is 12.3 Å². The predicted molar refractivity (Wildman–Crippen MR) is 168 cm³/mol. The molecule has 4 aliphatic rings. The summed E-state index contributed by atoms with van der Waals surface area (Å²) in [5.74, 6) is 3.61. The fourth-order valence-electron chi connectivity index (χ4n) is 10.0. The summed E-state index contributed by atoms with van der Waals surface area (Å²) in [6, 6.07) is 0. The summed E-state index contributed by atoms with van der Waals surface area (Å²) in [7, 11) is 0. The maximum absolute atomic E-state index is 12.6. The standard InChI is InChI=1S/C34H53N5O5/c1-5-6-7-11-28(41)37-27(20-36-39-35)38-29(42)12-9-8-10-21(2)23-13-14-24-30-25(16-18-33(23,24)3)34(4)17-15-22(40)19-26(34)31(43)32(30)44/h1,9,12,21-27,30-32,40,43-44H,6-8,10-11,13-20H2,2-4H3,(H,37,41)(H,38,42)/b12-9+. The first-order chi connectivity index (χ1) is 21.0. The number of aliphatic hydroxyl groups excluding tert-OH is 3. The molecule has 0 spiro atoms. The van der Waals surface area contributed by atoms with Gasteiger partial charge in [-0.05, 0) is 122 Å².